The molecule has 0 aliphatic heterocycles. The quantitative estimate of drug-likeness (QED) is 0.738. The van der Waals surface area contributed by atoms with E-state index < -0.39 is 0 Å². The number of nitrogens with one attached hydrogen (secondary N) is 1. The molecule has 0 aromatic rings. The van der Waals surface area contributed by atoms with Crippen molar-refractivity contribution in [3.63, 3.8) is 0 Å². The highest BCUT2D eigenvalue weighted by molar-refractivity contribution is 5.79. The molecule has 0 bridgehead atoms. The molecule has 0 aromatic carbocycles. The first kappa shape index (κ1) is 16.5. The standard InChI is InChI=1S/C18H31NO2/c1-13(2)17(11-14-6-4-3-5-7-14)18(21)19-16-9-8-15(10-16)12-20/h8-9,13-17,20H,3-7,10-12H2,1-2H3,(H,19,21)/t15-,16+,17?/m0/s1. The van der Waals surface area contributed by atoms with Gasteiger partial charge in [0, 0.05) is 24.5 Å². The second-order valence-corrected chi connectivity index (χ2v) is 7.27. The highest BCUT2D eigenvalue weighted by atomic mass is 16.3. The number of rotatable bonds is 6. The van der Waals surface area contributed by atoms with Gasteiger partial charge in [0.2, 0.25) is 5.91 Å². The summed E-state index contributed by atoms with van der Waals surface area (Å²) in [5.74, 6) is 1.69. The molecule has 2 rings (SSSR count). The molecule has 120 valence electrons. The highest BCUT2D eigenvalue weighted by Crippen LogP contribution is 2.32. The summed E-state index contributed by atoms with van der Waals surface area (Å²) >= 11 is 0. The smallest absolute Gasteiger partial charge is 0.223 e. The van der Waals surface area contributed by atoms with E-state index in [9.17, 15) is 4.79 Å². The third-order valence-corrected chi connectivity index (χ3v) is 5.19. The van der Waals surface area contributed by atoms with E-state index in [0.717, 1.165) is 18.8 Å². The SMILES string of the molecule is CC(C)C(CC1CCCCC1)C(=O)N[C@@H]1C=C[C@H](CO)C1. The molecule has 0 radical (unpaired) electrons. The number of carbonyl (C=O) groups excluding carboxylic acids is 1. The van der Waals surface area contributed by atoms with Gasteiger partial charge in [-0.3, -0.25) is 4.79 Å². The molecule has 1 amide bonds. The number of aliphatic hydroxyl groups excluding tert-OH is 1. The predicted molar refractivity (Wildman–Crippen MR) is 85.8 cm³/mol. The van der Waals surface area contributed by atoms with Gasteiger partial charge in [-0.15, -0.1) is 0 Å². The molecule has 3 atom stereocenters. The average Bonchev–Trinajstić information content (AvgIpc) is 2.93. The molecule has 1 unspecified atom stereocenters. The lowest BCUT2D eigenvalue weighted by Gasteiger charge is -2.29. The normalized spacial score (nSPS) is 28.0. The van der Waals surface area contributed by atoms with Gasteiger partial charge in [0.1, 0.15) is 0 Å². The van der Waals surface area contributed by atoms with Crippen LogP contribution in [0, 0.1) is 23.7 Å². The molecule has 2 N–H and O–H groups in total. The lowest BCUT2D eigenvalue weighted by Crippen LogP contribution is -2.40. The van der Waals surface area contributed by atoms with Gasteiger partial charge in [-0.2, -0.15) is 0 Å². The molecule has 2 aliphatic rings. The Kier molecular flexibility index (Phi) is 6.28. The van der Waals surface area contributed by atoms with Crippen molar-refractivity contribution in [2.75, 3.05) is 6.61 Å². The van der Waals surface area contributed by atoms with Crippen molar-refractivity contribution in [1.82, 2.24) is 5.32 Å². The Morgan fingerprint density at radius 3 is 2.52 bits per heavy atom. The Morgan fingerprint density at radius 2 is 1.95 bits per heavy atom. The molecule has 2 aliphatic carbocycles. The summed E-state index contributed by atoms with van der Waals surface area (Å²) in [4.78, 5) is 12.6. The van der Waals surface area contributed by atoms with Gasteiger partial charge >= 0.3 is 0 Å². The van der Waals surface area contributed by atoms with Gasteiger partial charge in [0.15, 0.2) is 0 Å². The van der Waals surface area contributed by atoms with E-state index in [1.54, 1.807) is 0 Å². The summed E-state index contributed by atoms with van der Waals surface area (Å²) in [6, 6.07) is 0.113. The van der Waals surface area contributed by atoms with E-state index in [-0.39, 0.29) is 30.4 Å². The fraction of sp³-hybridized carbons (Fsp3) is 0.833. The topological polar surface area (TPSA) is 49.3 Å². The molecular formula is C18H31NO2. The van der Waals surface area contributed by atoms with Crippen LogP contribution >= 0.6 is 0 Å². The fourth-order valence-electron chi connectivity index (χ4n) is 3.77. The third-order valence-electron chi connectivity index (χ3n) is 5.19. The van der Waals surface area contributed by atoms with Gasteiger partial charge in [-0.25, -0.2) is 0 Å². The maximum atomic E-state index is 12.6. The number of hydrogen-bond donors (Lipinski definition) is 2. The first-order valence-electron chi connectivity index (χ1n) is 8.69. The van der Waals surface area contributed by atoms with Gasteiger partial charge in [-0.05, 0) is 24.7 Å². The predicted octanol–water partition coefficient (Wildman–Crippen LogP) is 3.28. The van der Waals surface area contributed by atoms with Crippen molar-refractivity contribution in [2.45, 2.75) is 64.8 Å². The van der Waals surface area contributed by atoms with E-state index in [1.807, 2.05) is 12.2 Å². The van der Waals surface area contributed by atoms with Crippen LogP contribution in [-0.2, 0) is 4.79 Å². The molecule has 0 spiro atoms. The first-order chi connectivity index (χ1) is 10.1. The summed E-state index contributed by atoms with van der Waals surface area (Å²) in [5, 5.41) is 12.3. The molecule has 21 heavy (non-hydrogen) atoms. The molecule has 3 heteroatoms. The summed E-state index contributed by atoms with van der Waals surface area (Å²) in [5.41, 5.74) is 0. The van der Waals surface area contributed by atoms with Crippen LogP contribution < -0.4 is 5.32 Å². The summed E-state index contributed by atoms with van der Waals surface area (Å²) in [7, 11) is 0. The number of hydrogen-bond acceptors (Lipinski definition) is 2. The Morgan fingerprint density at radius 1 is 1.24 bits per heavy atom. The lowest BCUT2D eigenvalue weighted by atomic mass is 9.79. The minimum absolute atomic E-state index is 0.113. The summed E-state index contributed by atoms with van der Waals surface area (Å²) < 4.78 is 0. The van der Waals surface area contributed by atoms with Crippen LogP contribution in [0.2, 0.25) is 0 Å². The van der Waals surface area contributed by atoms with Crippen molar-refractivity contribution in [2.24, 2.45) is 23.7 Å². The Labute approximate surface area is 129 Å². The highest BCUT2D eigenvalue weighted by Gasteiger charge is 2.29. The zero-order valence-electron chi connectivity index (χ0n) is 13.6. The van der Waals surface area contributed by atoms with E-state index in [0.29, 0.717) is 5.92 Å². The maximum absolute atomic E-state index is 12.6. The zero-order valence-corrected chi connectivity index (χ0v) is 13.6. The fourth-order valence-corrected chi connectivity index (χ4v) is 3.77. The van der Waals surface area contributed by atoms with E-state index >= 15 is 0 Å². The summed E-state index contributed by atoms with van der Waals surface area (Å²) in [6.45, 7) is 4.50. The number of carbonyl (C=O) groups is 1. The average molecular weight is 293 g/mol. The van der Waals surface area contributed by atoms with Crippen LogP contribution in [0.3, 0.4) is 0 Å². The van der Waals surface area contributed by atoms with Gasteiger partial charge in [0.05, 0.1) is 0 Å². The largest absolute Gasteiger partial charge is 0.396 e. The van der Waals surface area contributed by atoms with Crippen molar-refractivity contribution in [3.8, 4) is 0 Å². The molecule has 0 heterocycles. The van der Waals surface area contributed by atoms with Crippen LogP contribution in [-0.4, -0.2) is 23.7 Å². The minimum atomic E-state index is 0.113. The Bertz CT molecular complexity index is 358. The molecule has 1 saturated carbocycles. The van der Waals surface area contributed by atoms with Gasteiger partial charge < -0.3 is 10.4 Å². The van der Waals surface area contributed by atoms with Crippen LogP contribution in [0.15, 0.2) is 12.2 Å². The second kappa shape index (κ2) is 7.98. The third kappa shape index (κ3) is 4.84. The van der Waals surface area contributed by atoms with Gasteiger partial charge in [0.25, 0.3) is 0 Å². The van der Waals surface area contributed by atoms with E-state index in [4.69, 9.17) is 5.11 Å². The van der Waals surface area contributed by atoms with Crippen molar-refractivity contribution < 1.29 is 9.90 Å². The van der Waals surface area contributed by atoms with Crippen molar-refractivity contribution >= 4 is 5.91 Å². The summed E-state index contributed by atoms with van der Waals surface area (Å²) in [6.07, 6.45) is 12.6. The molecular weight excluding hydrogens is 262 g/mol. The molecule has 1 fully saturated rings. The van der Waals surface area contributed by atoms with Crippen molar-refractivity contribution in [3.05, 3.63) is 12.2 Å². The number of aliphatic hydroxyl groups is 1. The number of amides is 1. The van der Waals surface area contributed by atoms with Crippen LogP contribution in [0.1, 0.15) is 58.8 Å². The van der Waals surface area contributed by atoms with E-state index in [1.165, 1.54) is 32.1 Å². The van der Waals surface area contributed by atoms with Crippen LogP contribution in [0.5, 0.6) is 0 Å². The Balaban J connectivity index is 1.85. The minimum Gasteiger partial charge on any atom is -0.396 e. The molecule has 0 aromatic heterocycles. The Hall–Kier alpha value is -0.830. The van der Waals surface area contributed by atoms with Crippen LogP contribution in [0.4, 0.5) is 0 Å². The molecule has 3 nitrogen and oxygen atoms in total. The van der Waals surface area contributed by atoms with Gasteiger partial charge in [-0.1, -0.05) is 58.1 Å². The maximum Gasteiger partial charge on any atom is 0.223 e. The van der Waals surface area contributed by atoms with E-state index in [2.05, 4.69) is 19.2 Å². The van der Waals surface area contributed by atoms with Crippen molar-refractivity contribution in [1.29, 1.82) is 0 Å². The van der Waals surface area contributed by atoms with Crippen LogP contribution in [0.25, 0.3) is 0 Å². The first-order valence-corrected chi connectivity index (χ1v) is 8.69. The second-order valence-electron chi connectivity index (χ2n) is 7.27. The monoisotopic (exact) mass is 293 g/mol. The molecule has 0 saturated heterocycles. The zero-order chi connectivity index (χ0) is 15.2. The lowest BCUT2D eigenvalue weighted by molar-refractivity contribution is -0.127.